The second kappa shape index (κ2) is 3.64. The number of fused-ring (bicyclic) bond motifs is 1. The zero-order valence-electron chi connectivity index (χ0n) is 8.20. The van der Waals surface area contributed by atoms with Crippen LogP contribution in [-0.4, -0.2) is 25.7 Å². The molecule has 0 aliphatic carbocycles. The molecule has 4 nitrogen and oxygen atoms in total. The highest BCUT2D eigenvalue weighted by Gasteiger charge is 2.26. The van der Waals surface area contributed by atoms with Crippen LogP contribution in [0.1, 0.15) is 6.92 Å². The molecule has 1 aliphatic rings. The number of aromatic nitrogens is 1. The van der Waals surface area contributed by atoms with Gasteiger partial charge < -0.3 is 5.32 Å². The minimum atomic E-state index is -3.28. The summed E-state index contributed by atoms with van der Waals surface area (Å²) in [6.07, 6.45) is 1.36. The first kappa shape index (κ1) is 10.7. The summed E-state index contributed by atoms with van der Waals surface area (Å²) in [6.45, 7) is 2.51. The Hall–Kier alpha value is -0.810. The molecule has 0 saturated heterocycles. The van der Waals surface area contributed by atoms with E-state index in [0.717, 1.165) is 0 Å². The molecule has 1 unspecified atom stereocenters. The van der Waals surface area contributed by atoms with Gasteiger partial charge in [0.15, 0.2) is 14.9 Å². The van der Waals surface area contributed by atoms with Gasteiger partial charge in [0.25, 0.3) is 0 Å². The predicted octanol–water partition coefficient (Wildman–Crippen LogP) is 1.57. The van der Waals surface area contributed by atoms with Gasteiger partial charge in [-0.3, -0.25) is 0 Å². The van der Waals surface area contributed by atoms with Crippen molar-refractivity contribution in [3.63, 3.8) is 0 Å². The van der Waals surface area contributed by atoms with E-state index < -0.39 is 9.84 Å². The number of pyridine rings is 1. The maximum absolute atomic E-state index is 11.9. The Morgan fingerprint density at radius 2 is 2.33 bits per heavy atom. The summed E-state index contributed by atoms with van der Waals surface area (Å²) in [4.78, 5) is 3.88. The Bertz CT molecular complexity index is 487. The Morgan fingerprint density at radius 3 is 3.07 bits per heavy atom. The van der Waals surface area contributed by atoms with E-state index in [0.29, 0.717) is 17.3 Å². The van der Waals surface area contributed by atoms with Crippen molar-refractivity contribution in [1.82, 2.24) is 4.98 Å². The number of halogens is 1. The number of sulfone groups is 1. The van der Waals surface area contributed by atoms with Crippen LogP contribution in [0.15, 0.2) is 17.3 Å². The Labute approximate surface area is 93.6 Å². The van der Waals surface area contributed by atoms with Crippen LogP contribution in [0.5, 0.6) is 0 Å². The topological polar surface area (TPSA) is 59.1 Å². The van der Waals surface area contributed by atoms with Crippen molar-refractivity contribution < 1.29 is 8.42 Å². The minimum Gasteiger partial charge on any atom is -0.382 e. The van der Waals surface area contributed by atoms with Crippen LogP contribution in [0.4, 0.5) is 5.69 Å². The number of nitrogens with one attached hydrogen (secondary N) is 1. The average Bonchev–Trinajstić information content (AvgIpc) is 2.23. The highest BCUT2D eigenvalue weighted by Crippen LogP contribution is 2.27. The SMILES string of the molecule is CC1CNc2cc(Cl)cnc2S(=O)(=O)C1. The van der Waals surface area contributed by atoms with E-state index >= 15 is 0 Å². The number of hydrogen-bond donors (Lipinski definition) is 1. The zero-order valence-corrected chi connectivity index (χ0v) is 9.77. The molecular formula is C9H11ClN2O2S. The lowest BCUT2D eigenvalue weighted by Gasteiger charge is -2.06. The average molecular weight is 247 g/mol. The molecule has 1 aliphatic heterocycles. The van der Waals surface area contributed by atoms with E-state index in [1.165, 1.54) is 6.20 Å². The van der Waals surface area contributed by atoms with Crippen LogP contribution >= 0.6 is 11.6 Å². The maximum atomic E-state index is 11.9. The highest BCUT2D eigenvalue weighted by molar-refractivity contribution is 7.91. The first-order chi connectivity index (χ1) is 6.99. The number of hydrogen-bond acceptors (Lipinski definition) is 4. The van der Waals surface area contributed by atoms with Gasteiger partial charge >= 0.3 is 0 Å². The van der Waals surface area contributed by atoms with Crippen molar-refractivity contribution in [2.45, 2.75) is 11.9 Å². The molecular weight excluding hydrogens is 236 g/mol. The lowest BCUT2D eigenvalue weighted by atomic mass is 10.2. The standard InChI is InChI=1S/C9H11ClN2O2S/c1-6-3-11-8-2-7(10)4-12-9(8)15(13,14)5-6/h2,4,6,11H,3,5H2,1H3. The van der Waals surface area contributed by atoms with Crippen molar-refractivity contribution in [2.24, 2.45) is 5.92 Å². The lowest BCUT2D eigenvalue weighted by Crippen LogP contribution is -2.16. The molecule has 0 amide bonds. The molecule has 0 saturated carbocycles. The van der Waals surface area contributed by atoms with Gasteiger partial charge in [0, 0.05) is 12.7 Å². The summed E-state index contributed by atoms with van der Waals surface area (Å²) in [5.41, 5.74) is 0.506. The summed E-state index contributed by atoms with van der Waals surface area (Å²) < 4.78 is 23.7. The van der Waals surface area contributed by atoms with Gasteiger partial charge in [-0.25, -0.2) is 13.4 Å². The molecule has 1 aromatic rings. The van der Waals surface area contributed by atoms with Gasteiger partial charge in [-0.05, 0) is 12.0 Å². The van der Waals surface area contributed by atoms with Crippen molar-refractivity contribution in [2.75, 3.05) is 17.6 Å². The molecule has 1 atom stereocenters. The van der Waals surface area contributed by atoms with Crippen molar-refractivity contribution in [3.8, 4) is 0 Å². The summed E-state index contributed by atoms with van der Waals surface area (Å²) in [5, 5.41) is 3.59. The maximum Gasteiger partial charge on any atom is 0.198 e. The second-order valence-corrected chi connectivity index (χ2v) is 6.16. The highest BCUT2D eigenvalue weighted by atomic mass is 35.5. The lowest BCUT2D eigenvalue weighted by molar-refractivity contribution is 0.579. The van der Waals surface area contributed by atoms with Gasteiger partial charge in [0.05, 0.1) is 16.5 Å². The van der Waals surface area contributed by atoms with Crippen LogP contribution in [0.25, 0.3) is 0 Å². The number of anilines is 1. The van der Waals surface area contributed by atoms with Crippen LogP contribution < -0.4 is 5.32 Å². The molecule has 82 valence electrons. The van der Waals surface area contributed by atoms with Crippen molar-refractivity contribution in [1.29, 1.82) is 0 Å². The molecule has 0 spiro atoms. The Balaban J connectivity index is 2.58. The largest absolute Gasteiger partial charge is 0.382 e. The van der Waals surface area contributed by atoms with E-state index in [1.54, 1.807) is 6.07 Å². The predicted molar refractivity (Wildman–Crippen MR) is 59.0 cm³/mol. The first-order valence-electron chi connectivity index (χ1n) is 4.61. The molecule has 0 aromatic carbocycles. The van der Waals surface area contributed by atoms with E-state index in [9.17, 15) is 8.42 Å². The molecule has 6 heteroatoms. The van der Waals surface area contributed by atoms with Crippen LogP contribution in [0.2, 0.25) is 5.02 Å². The summed E-state index contributed by atoms with van der Waals surface area (Å²) in [5.74, 6) is 0.199. The fourth-order valence-corrected chi connectivity index (χ4v) is 3.46. The van der Waals surface area contributed by atoms with Crippen LogP contribution in [0, 0.1) is 5.92 Å². The first-order valence-corrected chi connectivity index (χ1v) is 6.64. The van der Waals surface area contributed by atoms with E-state index in [1.807, 2.05) is 6.92 Å². The van der Waals surface area contributed by atoms with Gasteiger partial charge in [0.2, 0.25) is 0 Å². The number of rotatable bonds is 0. The van der Waals surface area contributed by atoms with Crippen LogP contribution in [0.3, 0.4) is 0 Å². The molecule has 0 fully saturated rings. The third-order valence-electron chi connectivity index (χ3n) is 2.26. The monoisotopic (exact) mass is 246 g/mol. The molecule has 0 radical (unpaired) electrons. The van der Waals surface area contributed by atoms with Gasteiger partial charge in [0.1, 0.15) is 0 Å². The van der Waals surface area contributed by atoms with Crippen LogP contribution in [-0.2, 0) is 9.84 Å². The molecule has 1 N–H and O–H groups in total. The fraction of sp³-hybridized carbons (Fsp3) is 0.444. The summed E-state index contributed by atoms with van der Waals surface area (Å²) in [7, 11) is -3.28. The summed E-state index contributed by atoms with van der Waals surface area (Å²) in [6, 6.07) is 1.60. The number of nitrogens with zero attached hydrogens (tertiary/aromatic N) is 1. The molecule has 2 rings (SSSR count). The van der Waals surface area contributed by atoms with Gasteiger partial charge in [-0.15, -0.1) is 0 Å². The molecule has 1 aromatic heterocycles. The van der Waals surface area contributed by atoms with Crippen molar-refractivity contribution >= 4 is 27.1 Å². The molecule has 2 heterocycles. The molecule has 0 bridgehead atoms. The minimum absolute atomic E-state index is 0.0722. The normalized spacial score (nSPS) is 23.7. The third-order valence-corrected chi connectivity index (χ3v) is 4.39. The quantitative estimate of drug-likeness (QED) is 0.755. The van der Waals surface area contributed by atoms with E-state index in [-0.39, 0.29) is 16.7 Å². The van der Waals surface area contributed by atoms with Crippen molar-refractivity contribution in [3.05, 3.63) is 17.3 Å². The van der Waals surface area contributed by atoms with Gasteiger partial charge in [-0.1, -0.05) is 18.5 Å². The zero-order chi connectivity index (χ0) is 11.1. The Kier molecular flexibility index (Phi) is 2.60. The Morgan fingerprint density at radius 1 is 1.60 bits per heavy atom. The van der Waals surface area contributed by atoms with E-state index in [4.69, 9.17) is 11.6 Å². The summed E-state index contributed by atoms with van der Waals surface area (Å²) >= 11 is 5.76. The molecule has 15 heavy (non-hydrogen) atoms. The second-order valence-electron chi connectivity index (χ2n) is 3.77. The van der Waals surface area contributed by atoms with E-state index in [2.05, 4.69) is 10.3 Å². The smallest absolute Gasteiger partial charge is 0.198 e. The van der Waals surface area contributed by atoms with Gasteiger partial charge in [-0.2, -0.15) is 0 Å². The third kappa shape index (κ3) is 2.08. The fourth-order valence-electron chi connectivity index (χ4n) is 1.60.